The van der Waals surface area contributed by atoms with E-state index in [-0.39, 0.29) is 29.6 Å². The van der Waals surface area contributed by atoms with E-state index in [9.17, 15) is 9.59 Å². The average molecular weight is 209 g/mol. The SMILES string of the molecule is NCC(=O)O.NCC(=O)O.[Ni]. The Hall–Kier alpha value is -0.646. The molecule has 0 saturated heterocycles. The molecule has 0 rings (SSSR count). The number of rotatable bonds is 2. The molecule has 0 aliphatic carbocycles. The summed E-state index contributed by atoms with van der Waals surface area (Å²) in [7, 11) is 0. The van der Waals surface area contributed by atoms with Crippen molar-refractivity contribution in [3.63, 3.8) is 0 Å². The molecule has 0 aliphatic rings. The van der Waals surface area contributed by atoms with Crippen LogP contribution in [0.3, 0.4) is 0 Å². The van der Waals surface area contributed by atoms with Gasteiger partial charge in [-0.2, -0.15) is 0 Å². The zero-order valence-electron chi connectivity index (χ0n) is 5.60. The van der Waals surface area contributed by atoms with E-state index in [0.717, 1.165) is 0 Å². The van der Waals surface area contributed by atoms with Crippen LogP contribution >= 0.6 is 0 Å². The first-order valence-corrected chi connectivity index (χ1v) is 2.38. The van der Waals surface area contributed by atoms with Gasteiger partial charge in [-0.25, -0.2) is 0 Å². The third-order valence-corrected chi connectivity index (χ3v) is 0.349. The number of hydrogen-bond donors (Lipinski definition) is 4. The number of carbonyl (C=O) groups is 2. The van der Waals surface area contributed by atoms with Gasteiger partial charge in [-0.05, 0) is 0 Å². The van der Waals surface area contributed by atoms with Gasteiger partial charge in [-0.15, -0.1) is 0 Å². The van der Waals surface area contributed by atoms with Gasteiger partial charge in [0.05, 0.1) is 13.1 Å². The van der Waals surface area contributed by atoms with Gasteiger partial charge in [0.2, 0.25) is 0 Å². The van der Waals surface area contributed by atoms with Crippen molar-refractivity contribution in [3.05, 3.63) is 0 Å². The number of hydrogen-bond acceptors (Lipinski definition) is 4. The van der Waals surface area contributed by atoms with Gasteiger partial charge < -0.3 is 21.7 Å². The maximum absolute atomic E-state index is 9.24. The van der Waals surface area contributed by atoms with Crippen LogP contribution in [0, 0.1) is 0 Å². The van der Waals surface area contributed by atoms with Gasteiger partial charge in [-0.1, -0.05) is 0 Å². The molecule has 6 N–H and O–H groups in total. The van der Waals surface area contributed by atoms with Crippen molar-refractivity contribution in [3.8, 4) is 0 Å². The minimum absolute atomic E-state index is 0. The summed E-state index contributed by atoms with van der Waals surface area (Å²) in [5, 5.41) is 15.2. The zero-order valence-corrected chi connectivity index (χ0v) is 6.58. The summed E-state index contributed by atoms with van der Waals surface area (Å²) < 4.78 is 0. The molecule has 0 aromatic carbocycles. The van der Waals surface area contributed by atoms with E-state index in [1.165, 1.54) is 0 Å². The standard InChI is InChI=1S/2C2H5NO2.Ni/c2*3-1-2(4)5;/h2*1,3H2,(H,4,5);. The molecule has 0 unspecified atom stereocenters. The topological polar surface area (TPSA) is 127 Å². The zero-order chi connectivity index (χ0) is 8.57. The third kappa shape index (κ3) is 45.0. The summed E-state index contributed by atoms with van der Waals surface area (Å²) >= 11 is 0. The van der Waals surface area contributed by atoms with Crippen LogP contribution in [-0.4, -0.2) is 35.2 Å². The molecular weight excluding hydrogens is 199 g/mol. The van der Waals surface area contributed by atoms with Gasteiger partial charge in [0, 0.05) is 16.5 Å². The van der Waals surface area contributed by atoms with Crippen LogP contribution in [0.4, 0.5) is 0 Å². The number of nitrogens with two attached hydrogens (primary N) is 2. The van der Waals surface area contributed by atoms with Gasteiger partial charge in [-0.3, -0.25) is 9.59 Å². The average Bonchev–Trinajstić information content (AvgIpc) is 1.89. The maximum Gasteiger partial charge on any atom is 0.317 e. The summed E-state index contributed by atoms with van der Waals surface area (Å²) in [6, 6.07) is 0. The van der Waals surface area contributed by atoms with E-state index in [1.54, 1.807) is 0 Å². The minimum Gasteiger partial charge on any atom is -0.480 e. The molecule has 0 saturated carbocycles. The molecule has 0 atom stereocenters. The fourth-order valence-corrected chi connectivity index (χ4v) is 0. The first-order valence-electron chi connectivity index (χ1n) is 2.38. The molecule has 0 radical (unpaired) electrons. The van der Waals surface area contributed by atoms with Crippen molar-refractivity contribution >= 4 is 11.9 Å². The smallest absolute Gasteiger partial charge is 0.317 e. The van der Waals surface area contributed by atoms with E-state index in [0.29, 0.717) is 0 Å². The van der Waals surface area contributed by atoms with Crippen LogP contribution in [0.15, 0.2) is 0 Å². The van der Waals surface area contributed by atoms with Gasteiger partial charge in [0.15, 0.2) is 0 Å². The Morgan fingerprint density at radius 3 is 1.09 bits per heavy atom. The molecule has 0 aliphatic heterocycles. The molecule has 0 aromatic rings. The molecule has 0 amide bonds. The van der Waals surface area contributed by atoms with E-state index in [2.05, 4.69) is 11.5 Å². The first kappa shape index (κ1) is 16.8. The number of carboxylic acids is 2. The van der Waals surface area contributed by atoms with Crippen LogP contribution in [0.5, 0.6) is 0 Å². The second-order valence-electron chi connectivity index (χ2n) is 1.20. The van der Waals surface area contributed by atoms with Crippen LogP contribution in [0.1, 0.15) is 0 Å². The Morgan fingerprint density at radius 1 is 1.00 bits per heavy atom. The fraction of sp³-hybridized carbons (Fsp3) is 0.500. The van der Waals surface area contributed by atoms with E-state index in [4.69, 9.17) is 10.2 Å². The summed E-state index contributed by atoms with van der Waals surface area (Å²) in [4.78, 5) is 18.5. The van der Waals surface area contributed by atoms with Crippen molar-refractivity contribution in [2.45, 2.75) is 0 Å². The summed E-state index contributed by atoms with van der Waals surface area (Å²) in [6.07, 6.45) is 0. The van der Waals surface area contributed by atoms with Crippen molar-refractivity contribution in [1.82, 2.24) is 0 Å². The molecular formula is C4H10N2NiO4. The monoisotopic (exact) mass is 208 g/mol. The molecule has 0 spiro atoms. The second kappa shape index (κ2) is 12.1. The quantitative estimate of drug-likeness (QED) is 0.391. The van der Waals surface area contributed by atoms with Gasteiger partial charge in [0.25, 0.3) is 0 Å². The molecule has 70 valence electrons. The van der Waals surface area contributed by atoms with Gasteiger partial charge in [0.1, 0.15) is 0 Å². The van der Waals surface area contributed by atoms with E-state index in [1.807, 2.05) is 0 Å². The predicted octanol–water partition coefficient (Wildman–Crippen LogP) is -1.94. The molecule has 0 aromatic heterocycles. The largest absolute Gasteiger partial charge is 0.480 e. The Balaban J connectivity index is -0.000000107. The molecule has 0 fully saturated rings. The van der Waals surface area contributed by atoms with E-state index < -0.39 is 11.9 Å². The Labute approximate surface area is 73.5 Å². The third-order valence-electron chi connectivity index (χ3n) is 0.349. The fourth-order valence-electron chi connectivity index (χ4n) is 0. The minimum atomic E-state index is -0.968. The summed E-state index contributed by atoms with van der Waals surface area (Å²) in [6.45, 7) is -0.556. The van der Waals surface area contributed by atoms with Crippen LogP contribution in [0.25, 0.3) is 0 Å². The number of carboxylic acid groups (broad SMARTS) is 2. The summed E-state index contributed by atoms with van der Waals surface area (Å²) in [5.74, 6) is -1.94. The predicted molar refractivity (Wildman–Crippen MR) is 33.4 cm³/mol. The molecule has 6 nitrogen and oxygen atoms in total. The molecule has 7 heteroatoms. The van der Waals surface area contributed by atoms with Crippen molar-refractivity contribution in [2.75, 3.05) is 13.1 Å². The second-order valence-corrected chi connectivity index (χ2v) is 1.20. The Bertz CT molecular complexity index is 105. The Morgan fingerprint density at radius 2 is 1.09 bits per heavy atom. The normalized spacial score (nSPS) is 6.73. The molecule has 0 bridgehead atoms. The van der Waals surface area contributed by atoms with Crippen LogP contribution in [-0.2, 0) is 26.1 Å². The first-order chi connectivity index (χ1) is 4.54. The molecule has 0 heterocycles. The van der Waals surface area contributed by atoms with Crippen LogP contribution < -0.4 is 11.5 Å². The number of aliphatic carboxylic acids is 2. The van der Waals surface area contributed by atoms with Crippen LogP contribution in [0.2, 0.25) is 0 Å². The maximum atomic E-state index is 9.24. The molecule has 11 heavy (non-hydrogen) atoms. The van der Waals surface area contributed by atoms with Crippen molar-refractivity contribution in [1.29, 1.82) is 0 Å². The van der Waals surface area contributed by atoms with Crippen molar-refractivity contribution < 1.29 is 36.3 Å². The summed E-state index contributed by atoms with van der Waals surface area (Å²) in [5.41, 5.74) is 9.14. The van der Waals surface area contributed by atoms with Crippen molar-refractivity contribution in [2.24, 2.45) is 11.5 Å². The Kier molecular flexibility index (Phi) is 18.4. The van der Waals surface area contributed by atoms with Gasteiger partial charge >= 0.3 is 11.9 Å². The van der Waals surface area contributed by atoms with E-state index >= 15 is 0 Å².